The summed E-state index contributed by atoms with van der Waals surface area (Å²) in [5, 5.41) is 12.1. The van der Waals surface area contributed by atoms with Gasteiger partial charge in [0.15, 0.2) is 0 Å². The monoisotopic (exact) mass is 383 g/mol. The van der Waals surface area contributed by atoms with Crippen molar-refractivity contribution >= 4 is 11.7 Å². The fourth-order valence-corrected chi connectivity index (χ4v) is 3.83. The van der Waals surface area contributed by atoms with Crippen LogP contribution in [0.15, 0.2) is 73.1 Å². The van der Waals surface area contributed by atoms with Crippen molar-refractivity contribution in [1.82, 2.24) is 19.6 Å². The zero-order chi connectivity index (χ0) is 19.6. The van der Waals surface area contributed by atoms with Crippen molar-refractivity contribution in [3.8, 4) is 11.4 Å². The van der Waals surface area contributed by atoms with Gasteiger partial charge in [0.25, 0.3) is 0 Å². The molecule has 0 radical (unpaired) electrons. The lowest BCUT2D eigenvalue weighted by Gasteiger charge is -2.11. The number of amides is 1. The van der Waals surface area contributed by atoms with E-state index >= 15 is 0 Å². The normalized spacial score (nSPS) is 12.7. The van der Waals surface area contributed by atoms with Gasteiger partial charge < -0.3 is 5.32 Å². The van der Waals surface area contributed by atoms with Crippen molar-refractivity contribution < 1.29 is 4.79 Å². The Balaban J connectivity index is 1.36. The summed E-state index contributed by atoms with van der Waals surface area (Å²) in [5.74, 6) is 0.769. The Hall–Kier alpha value is -3.67. The maximum Gasteiger partial charge on any atom is 0.229 e. The third-order valence-corrected chi connectivity index (χ3v) is 5.24. The molecule has 0 saturated carbocycles. The van der Waals surface area contributed by atoms with Crippen molar-refractivity contribution in [3.63, 3.8) is 0 Å². The molecule has 0 unspecified atom stereocenters. The SMILES string of the molecule is O=C(Cc1ccc(-n2cccn2)cc1)Nc1c2c(nn1-c1ccccc1)CCC2. The van der Waals surface area contributed by atoms with E-state index in [0.717, 1.165) is 53.3 Å². The van der Waals surface area contributed by atoms with Crippen LogP contribution in [0.2, 0.25) is 0 Å². The second-order valence-corrected chi connectivity index (χ2v) is 7.22. The molecule has 5 rings (SSSR count). The summed E-state index contributed by atoms with van der Waals surface area (Å²) in [6.45, 7) is 0. The van der Waals surface area contributed by atoms with Crippen molar-refractivity contribution in [3.05, 3.63) is 89.9 Å². The van der Waals surface area contributed by atoms with Gasteiger partial charge in [0, 0.05) is 18.0 Å². The number of benzene rings is 2. The summed E-state index contributed by atoms with van der Waals surface area (Å²) < 4.78 is 3.66. The van der Waals surface area contributed by atoms with E-state index in [-0.39, 0.29) is 5.91 Å². The molecule has 29 heavy (non-hydrogen) atoms. The molecule has 2 aromatic carbocycles. The Labute approximate surface area is 168 Å². The molecule has 0 saturated heterocycles. The number of para-hydroxylation sites is 1. The van der Waals surface area contributed by atoms with Crippen LogP contribution in [0, 0.1) is 0 Å². The Morgan fingerprint density at radius 3 is 2.55 bits per heavy atom. The number of nitrogens with zero attached hydrogens (tertiary/aromatic N) is 4. The molecule has 1 amide bonds. The first-order valence-electron chi connectivity index (χ1n) is 9.83. The molecule has 2 heterocycles. The van der Waals surface area contributed by atoms with E-state index in [4.69, 9.17) is 5.10 Å². The summed E-state index contributed by atoms with van der Waals surface area (Å²) in [7, 11) is 0. The molecule has 4 aromatic rings. The number of aromatic nitrogens is 4. The molecule has 6 nitrogen and oxygen atoms in total. The average Bonchev–Trinajstić information content (AvgIpc) is 3.48. The molecule has 0 spiro atoms. The molecule has 6 heteroatoms. The Bertz CT molecular complexity index is 1130. The number of carbonyl (C=O) groups is 1. The molecule has 0 bridgehead atoms. The molecule has 2 aromatic heterocycles. The highest BCUT2D eigenvalue weighted by Crippen LogP contribution is 2.31. The number of carbonyl (C=O) groups excluding carboxylic acids is 1. The quantitative estimate of drug-likeness (QED) is 0.571. The van der Waals surface area contributed by atoms with Gasteiger partial charge in [-0.25, -0.2) is 9.36 Å². The summed E-state index contributed by atoms with van der Waals surface area (Å²) in [6.07, 6.45) is 6.96. The highest BCUT2D eigenvalue weighted by Gasteiger charge is 2.24. The lowest BCUT2D eigenvalue weighted by Crippen LogP contribution is -2.18. The summed E-state index contributed by atoms with van der Waals surface area (Å²) in [4.78, 5) is 12.8. The van der Waals surface area contributed by atoms with Gasteiger partial charge >= 0.3 is 0 Å². The van der Waals surface area contributed by atoms with Gasteiger partial charge in [-0.05, 0) is 55.2 Å². The average molecular weight is 383 g/mol. The van der Waals surface area contributed by atoms with Crippen molar-refractivity contribution in [1.29, 1.82) is 0 Å². The molecule has 1 aliphatic carbocycles. The van der Waals surface area contributed by atoms with Crippen LogP contribution in [0.1, 0.15) is 23.2 Å². The number of hydrogen-bond donors (Lipinski definition) is 1. The van der Waals surface area contributed by atoms with Crippen LogP contribution < -0.4 is 5.32 Å². The number of hydrogen-bond acceptors (Lipinski definition) is 3. The van der Waals surface area contributed by atoms with Crippen molar-refractivity contribution in [2.75, 3.05) is 5.32 Å². The van der Waals surface area contributed by atoms with E-state index in [1.54, 1.807) is 10.9 Å². The summed E-state index contributed by atoms with van der Waals surface area (Å²) >= 11 is 0. The minimum absolute atomic E-state index is 0.0383. The van der Waals surface area contributed by atoms with E-state index in [1.807, 2.05) is 71.5 Å². The predicted molar refractivity (Wildman–Crippen MR) is 111 cm³/mol. The molecule has 1 aliphatic rings. The molecule has 1 N–H and O–H groups in total. The van der Waals surface area contributed by atoms with E-state index in [9.17, 15) is 4.79 Å². The van der Waals surface area contributed by atoms with E-state index in [2.05, 4.69) is 10.4 Å². The third-order valence-electron chi connectivity index (χ3n) is 5.24. The van der Waals surface area contributed by atoms with E-state index < -0.39 is 0 Å². The van der Waals surface area contributed by atoms with Gasteiger partial charge in [-0.3, -0.25) is 4.79 Å². The number of aryl methyl sites for hydroxylation is 1. The zero-order valence-electron chi connectivity index (χ0n) is 16.0. The minimum atomic E-state index is -0.0383. The van der Waals surface area contributed by atoms with Gasteiger partial charge in [0.2, 0.25) is 5.91 Å². The molecular formula is C23H21N5O. The van der Waals surface area contributed by atoms with Crippen molar-refractivity contribution in [2.45, 2.75) is 25.7 Å². The first kappa shape index (κ1) is 17.4. The van der Waals surface area contributed by atoms with Crippen LogP contribution in [0.25, 0.3) is 11.4 Å². The van der Waals surface area contributed by atoms with Gasteiger partial charge in [0.1, 0.15) is 5.82 Å². The highest BCUT2D eigenvalue weighted by molar-refractivity contribution is 5.92. The Morgan fingerprint density at radius 2 is 1.79 bits per heavy atom. The molecule has 0 fully saturated rings. The Kier molecular flexibility index (Phi) is 4.44. The third kappa shape index (κ3) is 3.45. The lowest BCUT2D eigenvalue weighted by atomic mass is 10.1. The second-order valence-electron chi connectivity index (χ2n) is 7.22. The van der Waals surface area contributed by atoms with Crippen LogP contribution in [-0.2, 0) is 24.1 Å². The largest absolute Gasteiger partial charge is 0.310 e. The van der Waals surface area contributed by atoms with Crippen LogP contribution >= 0.6 is 0 Å². The van der Waals surface area contributed by atoms with Crippen LogP contribution in [0.5, 0.6) is 0 Å². The van der Waals surface area contributed by atoms with Crippen molar-refractivity contribution in [2.24, 2.45) is 0 Å². The minimum Gasteiger partial charge on any atom is -0.310 e. The van der Waals surface area contributed by atoms with Crippen LogP contribution in [0.3, 0.4) is 0 Å². The smallest absolute Gasteiger partial charge is 0.229 e. The van der Waals surface area contributed by atoms with E-state index in [0.29, 0.717) is 6.42 Å². The summed E-state index contributed by atoms with van der Waals surface area (Å²) in [5.41, 5.74) is 5.14. The fraction of sp³-hybridized carbons (Fsp3) is 0.174. The highest BCUT2D eigenvalue weighted by atomic mass is 16.1. The van der Waals surface area contributed by atoms with Gasteiger partial charge in [-0.15, -0.1) is 0 Å². The van der Waals surface area contributed by atoms with Gasteiger partial charge in [-0.1, -0.05) is 30.3 Å². The first-order valence-corrected chi connectivity index (χ1v) is 9.83. The molecule has 0 aliphatic heterocycles. The maximum absolute atomic E-state index is 12.8. The van der Waals surface area contributed by atoms with Crippen LogP contribution in [-0.4, -0.2) is 25.5 Å². The van der Waals surface area contributed by atoms with Crippen LogP contribution in [0.4, 0.5) is 5.82 Å². The summed E-state index contributed by atoms with van der Waals surface area (Å²) in [6, 6.07) is 19.7. The topological polar surface area (TPSA) is 64.7 Å². The fourth-order valence-electron chi connectivity index (χ4n) is 3.83. The number of nitrogens with one attached hydrogen (secondary N) is 1. The number of anilines is 1. The molecule has 0 atom stereocenters. The maximum atomic E-state index is 12.8. The Morgan fingerprint density at radius 1 is 0.966 bits per heavy atom. The lowest BCUT2D eigenvalue weighted by molar-refractivity contribution is -0.115. The van der Waals surface area contributed by atoms with E-state index in [1.165, 1.54) is 0 Å². The van der Waals surface area contributed by atoms with Gasteiger partial charge in [0.05, 0.1) is 23.5 Å². The molecular weight excluding hydrogens is 362 g/mol. The zero-order valence-corrected chi connectivity index (χ0v) is 16.0. The van der Waals surface area contributed by atoms with Gasteiger partial charge in [-0.2, -0.15) is 10.2 Å². The first-order chi connectivity index (χ1) is 14.3. The number of fused-ring (bicyclic) bond motifs is 1. The standard InChI is InChI=1S/C23H21N5O/c29-22(16-17-10-12-18(13-11-17)27-15-5-14-24-27)25-23-20-8-4-9-21(20)26-28(23)19-6-2-1-3-7-19/h1-3,5-7,10-15H,4,8-9,16H2,(H,25,29). The predicted octanol–water partition coefficient (Wildman–Crippen LogP) is 3.73. The number of rotatable bonds is 5. The second kappa shape index (κ2) is 7.39. The molecule has 144 valence electrons.